The van der Waals surface area contributed by atoms with E-state index in [0.717, 1.165) is 13.0 Å². The van der Waals surface area contributed by atoms with Gasteiger partial charge in [0.1, 0.15) is 0 Å². The Kier molecular flexibility index (Phi) is 5.58. The number of ether oxygens (including phenoxy) is 2. The highest BCUT2D eigenvalue weighted by Gasteiger charge is 2.21. The topological polar surface area (TPSA) is 76.1 Å². The van der Waals surface area contributed by atoms with Gasteiger partial charge in [-0.3, -0.25) is 0 Å². The highest BCUT2D eigenvalue weighted by molar-refractivity contribution is 5.87. The standard InChI is InChI=1S/C13H18O5/c1-9(12(14)15)4-3-7-17-13(16)10(2)5-6-11-8-18-11/h4-5,11H,3,6-8H2,1-2H3,(H,14,15). The molecule has 100 valence electrons. The molecule has 0 saturated carbocycles. The molecule has 1 heterocycles. The molecule has 0 aromatic rings. The maximum absolute atomic E-state index is 11.5. The number of epoxide rings is 1. The van der Waals surface area contributed by atoms with Crippen molar-refractivity contribution in [2.24, 2.45) is 0 Å². The molecule has 0 aromatic heterocycles. The van der Waals surface area contributed by atoms with Crippen LogP contribution in [-0.4, -0.2) is 36.4 Å². The first-order chi connectivity index (χ1) is 8.50. The Morgan fingerprint density at radius 3 is 2.56 bits per heavy atom. The molecule has 18 heavy (non-hydrogen) atoms. The van der Waals surface area contributed by atoms with Crippen LogP contribution in [-0.2, 0) is 19.1 Å². The van der Waals surface area contributed by atoms with Crippen LogP contribution in [0.4, 0.5) is 0 Å². The van der Waals surface area contributed by atoms with E-state index >= 15 is 0 Å². The van der Waals surface area contributed by atoms with E-state index in [4.69, 9.17) is 14.6 Å². The second-order valence-electron chi connectivity index (χ2n) is 4.20. The lowest BCUT2D eigenvalue weighted by atomic mass is 10.2. The minimum Gasteiger partial charge on any atom is -0.478 e. The fraction of sp³-hybridized carbons (Fsp3) is 0.538. The van der Waals surface area contributed by atoms with Gasteiger partial charge >= 0.3 is 11.9 Å². The lowest BCUT2D eigenvalue weighted by molar-refractivity contribution is -0.138. The van der Waals surface area contributed by atoms with Gasteiger partial charge in [0.15, 0.2) is 0 Å². The van der Waals surface area contributed by atoms with Crippen LogP contribution in [0.25, 0.3) is 0 Å². The zero-order valence-electron chi connectivity index (χ0n) is 10.6. The van der Waals surface area contributed by atoms with Gasteiger partial charge in [-0.2, -0.15) is 0 Å². The molecule has 0 aliphatic carbocycles. The van der Waals surface area contributed by atoms with Crippen molar-refractivity contribution in [2.75, 3.05) is 13.2 Å². The molecule has 0 radical (unpaired) electrons. The van der Waals surface area contributed by atoms with Crippen LogP contribution in [0.2, 0.25) is 0 Å². The summed E-state index contributed by atoms with van der Waals surface area (Å²) in [4.78, 5) is 22.0. The molecule has 1 atom stereocenters. The summed E-state index contributed by atoms with van der Waals surface area (Å²) in [5, 5.41) is 8.61. The number of carbonyl (C=O) groups excluding carboxylic acids is 1. The normalized spacial score (nSPS) is 19.6. The van der Waals surface area contributed by atoms with Crippen molar-refractivity contribution >= 4 is 11.9 Å². The van der Waals surface area contributed by atoms with Crippen LogP contribution in [0.5, 0.6) is 0 Å². The summed E-state index contributed by atoms with van der Waals surface area (Å²) in [6.45, 7) is 4.15. The van der Waals surface area contributed by atoms with Gasteiger partial charge in [-0.1, -0.05) is 12.2 Å². The smallest absolute Gasteiger partial charge is 0.333 e. The summed E-state index contributed by atoms with van der Waals surface area (Å²) >= 11 is 0. The molecule has 1 aliphatic rings. The quantitative estimate of drug-likeness (QED) is 0.324. The largest absolute Gasteiger partial charge is 0.478 e. The second-order valence-corrected chi connectivity index (χ2v) is 4.20. The number of esters is 1. The summed E-state index contributed by atoms with van der Waals surface area (Å²) in [5.74, 6) is -1.32. The second kappa shape index (κ2) is 6.96. The van der Waals surface area contributed by atoms with Crippen molar-refractivity contribution in [1.82, 2.24) is 0 Å². The third kappa shape index (κ3) is 5.63. The van der Waals surface area contributed by atoms with Crippen molar-refractivity contribution in [3.63, 3.8) is 0 Å². The Morgan fingerprint density at radius 1 is 1.33 bits per heavy atom. The van der Waals surface area contributed by atoms with Gasteiger partial charge in [-0.25, -0.2) is 9.59 Å². The summed E-state index contributed by atoms with van der Waals surface area (Å²) in [6, 6.07) is 0. The highest BCUT2D eigenvalue weighted by Crippen LogP contribution is 2.15. The Bertz CT molecular complexity index is 377. The predicted octanol–water partition coefficient (Wildman–Crippen LogP) is 1.69. The molecule has 1 rings (SSSR count). The van der Waals surface area contributed by atoms with E-state index in [1.54, 1.807) is 13.0 Å². The highest BCUT2D eigenvalue weighted by atomic mass is 16.6. The molecule has 1 unspecified atom stereocenters. The van der Waals surface area contributed by atoms with Crippen LogP contribution in [0.3, 0.4) is 0 Å². The first-order valence-corrected chi connectivity index (χ1v) is 5.86. The molecular weight excluding hydrogens is 236 g/mol. The Balaban J connectivity index is 2.21. The third-order valence-electron chi connectivity index (χ3n) is 2.55. The maximum Gasteiger partial charge on any atom is 0.333 e. The Labute approximate surface area is 106 Å². The average molecular weight is 254 g/mol. The molecule has 0 spiro atoms. The first-order valence-electron chi connectivity index (χ1n) is 5.86. The molecule has 5 nitrogen and oxygen atoms in total. The van der Waals surface area contributed by atoms with E-state index in [9.17, 15) is 9.59 Å². The lowest BCUT2D eigenvalue weighted by Crippen LogP contribution is -2.07. The summed E-state index contributed by atoms with van der Waals surface area (Å²) < 4.78 is 10.0. The molecular formula is C13H18O5. The van der Waals surface area contributed by atoms with Gasteiger partial charge in [0.25, 0.3) is 0 Å². The molecule has 5 heteroatoms. The van der Waals surface area contributed by atoms with Crippen LogP contribution in [0.15, 0.2) is 23.3 Å². The van der Waals surface area contributed by atoms with Gasteiger partial charge in [0.05, 0.1) is 19.3 Å². The van der Waals surface area contributed by atoms with Crippen molar-refractivity contribution in [2.45, 2.75) is 32.8 Å². The first kappa shape index (κ1) is 14.4. The van der Waals surface area contributed by atoms with E-state index in [-0.39, 0.29) is 24.3 Å². The number of aliphatic carboxylic acids is 1. The fourth-order valence-corrected chi connectivity index (χ4v) is 1.22. The number of carbonyl (C=O) groups is 2. The van der Waals surface area contributed by atoms with Gasteiger partial charge in [-0.05, 0) is 20.3 Å². The van der Waals surface area contributed by atoms with E-state index < -0.39 is 5.97 Å². The Morgan fingerprint density at radius 2 is 2.00 bits per heavy atom. The minimum atomic E-state index is -0.957. The van der Waals surface area contributed by atoms with E-state index in [0.29, 0.717) is 12.0 Å². The van der Waals surface area contributed by atoms with E-state index in [1.165, 1.54) is 13.0 Å². The molecule has 1 saturated heterocycles. The fourth-order valence-electron chi connectivity index (χ4n) is 1.22. The molecule has 1 N–H and O–H groups in total. The zero-order chi connectivity index (χ0) is 13.5. The maximum atomic E-state index is 11.5. The monoisotopic (exact) mass is 254 g/mol. The van der Waals surface area contributed by atoms with Gasteiger partial charge in [0.2, 0.25) is 0 Å². The Hall–Kier alpha value is -1.62. The van der Waals surface area contributed by atoms with Crippen molar-refractivity contribution in [3.8, 4) is 0 Å². The number of hydrogen-bond acceptors (Lipinski definition) is 4. The number of carboxylic acid groups (broad SMARTS) is 1. The minimum absolute atomic E-state index is 0.189. The van der Waals surface area contributed by atoms with Gasteiger partial charge in [-0.15, -0.1) is 0 Å². The van der Waals surface area contributed by atoms with Crippen molar-refractivity contribution in [1.29, 1.82) is 0 Å². The molecule has 0 bridgehead atoms. The summed E-state index contributed by atoms with van der Waals surface area (Å²) in [6.07, 6.45) is 4.74. The van der Waals surface area contributed by atoms with Crippen LogP contribution in [0.1, 0.15) is 26.7 Å². The predicted molar refractivity (Wildman–Crippen MR) is 65.1 cm³/mol. The number of carboxylic acids is 1. The average Bonchev–Trinajstić information content (AvgIpc) is 3.14. The van der Waals surface area contributed by atoms with Crippen molar-refractivity contribution in [3.05, 3.63) is 23.3 Å². The van der Waals surface area contributed by atoms with Crippen LogP contribution >= 0.6 is 0 Å². The number of hydrogen-bond donors (Lipinski definition) is 1. The SMILES string of the molecule is CC(=CCCOC(=O)C(C)=CCC1CO1)C(=O)O. The summed E-state index contributed by atoms with van der Waals surface area (Å²) in [7, 11) is 0. The number of rotatable bonds is 7. The molecule has 1 aliphatic heterocycles. The van der Waals surface area contributed by atoms with Crippen LogP contribution in [0, 0.1) is 0 Å². The van der Waals surface area contributed by atoms with Gasteiger partial charge in [0, 0.05) is 17.6 Å². The lowest BCUT2D eigenvalue weighted by Gasteiger charge is -2.03. The molecule has 0 amide bonds. The van der Waals surface area contributed by atoms with E-state index in [1.807, 2.05) is 0 Å². The molecule has 1 fully saturated rings. The van der Waals surface area contributed by atoms with Crippen LogP contribution < -0.4 is 0 Å². The van der Waals surface area contributed by atoms with E-state index in [2.05, 4.69) is 0 Å². The van der Waals surface area contributed by atoms with Gasteiger partial charge < -0.3 is 14.6 Å². The third-order valence-corrected chi connectivity index (χ3v) is 2.55. The molecule has 0 aromatic carbocycles. The summed E-state index contributed by atoms with van der Waals surface area (Å²) in [5.41, 5.74) is 0.814. The zero-order valence-corrected chi connectivity index (χ0v) is 10.6. The van der Waals surface area contributed by atoms with Crippen molar-refractivity contribution < 1.29 is 24.2 Å².